The number of ether oxygens (including phenoxy) is 1. The Kier molecular flexibility index (Phi) is 6.23. The number of likely N-dealkylation sites (N-methyl/N-ethyl adjacent to an activating group) is 1. The molecular formula is C17H31N5O2. The highest BCUT2D eigenvalue weighted by atomic mass is 16.5. The number of methoxy groups -OCH3 is 1. The second kappa shape index (κ2) is 7.98. The molecule has 2 amide bonds. The first-order valence-corrected chi connectivity index (χ1v) is 8.72. The molecule has 1 saturated carbocycles. The highest BCUT2D eigenvalue weighted by Crippen LogP contribution is 2.48. The van der Waals surface area contributed by atoms with Gasteiger partial charge in [-0.25, -0.2) is 4.79 Å². The highest BCUT2D eigenvalue weighted by molar-refractivity contribution is 5.89. The lowest BCUT2D eigenvalue weighted by molar-refractivity contribution is -0.119. The summed E-state index contributed by atoms with van der Waals surface area (Å²) in [5.74, 6) is 0. The van der Waals surface area contributed by atoms with Gasteiger partial charge in [0.05, 0.1) is 24.5 Å². The number of hydrogen-bond donors (Lipinski definition) is 2. The first-order valence-electron chi connectivity index (χ1n) is 8.72. The zero-order valence-electron chi connectivity index (χ0n) is 15.5. The Morgan fingerprint density at radius 2 is 2.17 bits per heavy atom. The maximum atomic E-state index is 12.3. The van der Waals surface area contributed by atoms with Gasteiger partial charge in [-0.1, -0.05) is 13.8 Å². The summed E-state index contributed by atoms with van der Waals surface area (Å²) in [6.45, 7) is 6.03. The quantitative estimate of drug-likeness (QED) is 0.762. The van der Waals surface area contributed by atoms with Gasteiger partial charge >= 0.3 is 6.03 Å². The van der Waals surface area contributed by atoms with Crippen molar-refractivity contribution < 1.29 is 9.53 Å². The Labute approximate surface area is 144 Å². The molecule has 2 unspecified atom stereocenters. The molecule has 7 heteroatoms. The van der Waals surface area contributed by atoms with Crippen LogP contribution in [0.1, 0.15) is 33.1 Å². The molecule has 2 atom stereocenters. The smallest absolute Gasteiger partial charge is 0.319 e. The zero-order chi connectivity index (χ0) is 17.7. The van der Waals surface area contributed by atoms with Crippen molar-refractivity contribution in [2.75, 3.05) is 33.1 Å². The van der Waals surface area contributed by atoms with E-state index in [4.69, 9.17) is 4.74 Å². The van der Waals surface area contributed by atoms with Crippen LogP contribution in [-0.4, -0.2) is 60.6 Å². The molecule has 1 aliphatic rings. The van der Waals surface area contributed by atoms with E-state index < -0.39 is 0 Å². The topological polar surface area (TPSA) is 71.4 Å². The highest BCUT2D eigenvalue weighted by Gasteiger charge is 2.53. The third kappa shape index (κ3) is 3.89. The largest absolute Gasteiger partial charge is 0.381 e. The minimum Gasteiger partial charge on any atom is -0.381 e. The lowest BCUT2D eigenvalue weighted by atomic mass is 9.58. The maximum Gasteiger partial charge on any atom is 0.319 e. The average molecular weight is 337 g/mol. The molecular weight excluding hydrogens is 306 g/mol. The number of nitrogens with one attached hydrogen (secondary N) is 2. The first-order chi connectivity index (χ1) is 11.4. The fourth-order valence-corrected chi connectivity index (χ4v) is 3.66. The third-order valence-corrected chi connectivity index (χ3v) is 5.36. The van der Waals surface area contributed by atoms with Gasteiger partial charge in [0.15, 0.2) is 0 Å². The number of nitrogens with zero attached hydrogens (tertiary/aromatic N) is 3. The number of aromatic nitrogens is 2. The number of anilines is 1. The first kappa shape index (κ1) is 18.7. The molecule has 1 aromatic rings. The van der Waals surface area contributed by atoms with Gasteiger partial charge in [-0.05, 0) is 33.4 Å². The number of urea groups is 1. The van der Waals surface area contributed by atoms with Crippen LogP contribution in [0.2, 0.25) is 0 Å². The summed E-state index contributed by atoms with van der Waals surface area (Å²) in [6, 6.07) is -0.0192. The lowest BCUT2D eigenvalue weighted by Gasteiger charge is -2.54. The Morgan fingerprint density at radius 1 is 1.46 bits per heavy atom. The van der Waals surface area contributed by atoms with Crippen LogP contribution in [0, 0.1) is 5.41 Å². The number of hydrogen-bond acceptors (Lipinski definition) is 4. The maximum absolute atomic E-state index is 12.3. The summed E-state index contributed by atoms with van der Waals surface area (Å²) >= 11 is 0. The molecule has 7 nitrogen and oxygen atoms in total. The van der Waals surface area contributed by atoms with Crippen molar-refractivity contribution >= 4 is 11.7 Å². The SMILES string of the molecule is CCC1(CC)C(NC(=O)Nc2cnn(CCN(C)C)c2)CC1OC. The summed E-state index contributed by atoms with van der Waals surface area (Å²) in [5, 5.41) is 10.3. The molecule has 0 aliphatic heterocycles. The molecule has 0 spiro atoms. The van der Waals surface area contributed by atoms with E-state index in [1.807, 2.05) is 25.0 Å². The van der Waals surface area contributed by atoms with Crippen LogP contribution in [0.4, 0.5) is 10.5 Å². The van der Waals surface area contributed by atoms with Gasteiger partial charge in [-0.2, -0.15) is 5.10 Å². The van der Waals surface area contributed by atoms with Gasteiger partial charge in [0.1, 0.15) is 0 Å². The Morgan fingerprint density at radius 3 is 2.75 bits per heavy atom. The summed E-state index contributed by atoms with van der Waals surface area (Å²) in [5.41, 5.74) is 0.759. The third-order valence-electron chi connectivity index (χ3n) is 5.36. The van der Waals surface area contributed by atoms with E-state index in [2.05, 4.69) is 34.5 Å². The minimum absolute atomic E-state index is 0.0436. The minimum atomic E-state index is -0.173. The number of rotatable bonds is 8. The van der Waals surface area contributed by atoms with Gasteiger partial charge in [-0.3, -0.25) is 4.68 Å². The second-order valence-corrected chi connectivity index (χ2v) is 6.85. The van der Waals surface area contributed by atoms with Gasteiger partial charge < -0.3 is 20.3 Å². The molecule has 2 N–H and O–H groups in total. The molecule has 1 aromatic heterocycles. The van der Waals surface area contributed by atoms with E-state index in [0.29, 0.717) is 5.69 Å². The zero-order valence-corrected chi connectivity index (χ0v) is 15.5. The van der Waals surface area contributed by atoms with E-state index >= 15 is 0 Å². The average Bonchev–Trinajstić information content (AvgIpc) is 2.98. The Hall–Kier alpha value is -1.60. The summed E-state index contributed by atoms with van der Waals surface area (Å²) < 4.78 is 7.41. The summed E-state index contributed by atoms with van der Waals surface area (Å²) in [4.78, 5) is 14.4. The number of carbonyl (C=O) groups excluding carboxylic acids is 1. The fraction of sp³-hybridized carbons (Fsp3) is 0.765. The van der Waals surface area contributed by atoms with E-state index in [0.717, 1.165) is 32.4 Å². The summed E-state index contributed by atoms with van der Waals surface area (Å²) in [7, 11) is 5.80. The van der Waals surface area contributed by atoms with Gasteiger partial charge in [0, 0.05) is 31.3 Å². The van der Waals surface area contributed by atoms with Crippen LogP contribution in [0.3, 0.4) is 0 Å². The van der Waals surface area contributed by atoms with Crippen LogP contribution in [-0.2, 0) is 11.3 Å². The normalized spacial score (nSPS) is 22.2. The van der Waals surface area contributed by atoms with Crippen molar-refractivity contribution in [2.45, 2.75) is 51.8 Å². The van der Waals surface area contributed by atoms with E-state index in [1.165, 1.54) is 0 Å². The molecule has 0 aromatic carbocycles. The molecule has 24 heavy (non-hydrogen) atoms. The fourth-order valence-electron chi connectivity index (χ4n) is 3.66. The van der Waals surface area contributed by atoms with Crippen LogP contribution in [0.5, 0.6) is 0 Å². The van der Waals surface area contributed by atoms with Crippen molar-refractivity contribution in [3.8, 4) is 0 Å². The van der Waals surface area contributed by atoms with Crippen molar-refractivity contribution in [1.29, 1.82) is 0 Å². The van der Waals surface area contributed by atoms with Crippen molar-refractivity contribution in [3.63, 3.8) is 0 Å². The second-order valence-electron chi connectivity index (χ2n) is 6.85. The van der Waals surface area contributed by atoms with Crippen molar-refractivity contribution in [3.05, 3.63) is 12.4 Å². The van der Waals surface area contributed by atoms with Crippen LogP contribution < -0.4 is 10.6 Å². The molecule has 0 saturated heterocycles. The molecule has 1 heterocycles. The molecule has 1 aliphatic carbocycles. The molecule has 136 valence electrons. The molecule has 0 bridgehead atoms. The van der Waals surface area contributed by atoms with Crippen molar-refractivity contribution in [2.24, 2.45) is 5.41 Å². The van der Waals surface area contributed by atoms with E-state index in [1.54, 1.807) is 13.3 Å². The predicted molar refractivity (Wildman–Crippen MR) is 95.2 cm³/mol. The van der Waals surface area contributed by atoms with Crippen LogP contribution >= 0.6 is 0 Å². The lowest BCUT2D eigenvalue weighted by Crippen LogP contribution is -2.64. The monoisotopic (exact) mass is 337 g/mol. The molecule has 2 rings (SSSR count). The Bertz CT molecular complexity index is 539. The standard InChI is InChI=1S/C17H31N5O2/c1-6-17(7-2)14(10-15(17)24-5)20-16(23)19-13-11-18-22(12-13)9-8-21(3)4/h11-12,14-15H,6-10H2,1-5H3,(H2,19,20,23). The van der Waals surface area contributed by atoms with Gasteiger partial charge in [-0.15, -0.1) is 0 Å². The Balaban J connectivity index is 1.87. The van der Waals surface area contributed by atoms with Crippen LogP contribution in [0.15, 0.2) is 12.4 Å². The van der Waals surface area contributed by atoms with E-state index in [9.17, 15) is 4.79 Å². The number of amides is 2. The van der Waals surface area contributed by atoms with Crippen LogP contribution in [0.25, 0.3) is 0 Å². The number of carbonyl (C=O) groups is 1. The molecule has 0 radical (unpaired) electrons. The summed E-state index contributed by atoms with van der Waals surface area (Å²) in [6.07, 6.45) is 6.63. The van der Waals surface area contributed by atoms with Crippen molar-refractivity contribution in [1.82, 2.24) is 20.0 Å². The van der Waals surface area contributed by atoms with E-state index in [-0.39, 0.29) is 23.6 Å². The van der Waals surface area contributed by atoms with Gasteiger partial charge in [0.2, 0.25) is 0 Å². The van der Waals surface area contributed by atoms with Gasteiger partial charge in [0.25, 0.3) is 0 Å². The molecule has 1 fully saturated rings. The predicted octanol–water partition coefficient (Wildman–Crippen LogP) is 2.16.